The monoisotopic (exact) mass is 507 g/mol. The Kier molecular flexibility index (Phi) is 33.0. The summed E-state index contributed by atoms with van der Waals surface area (Å²) in [6.07, 6.45) is 47.3. The molecule has 0 aliphatic rings. The second-order valence-electron chi connectivity index (χ2n) is 12.4. The zero-order valence-electron chi connectivity index (χ0n) is 26.2. The van der Waals surface area contributed by atoms with Crippen molar-refractivity contribution in [2.24, 2.45) is 5.92 Å². The maximum atomic E-state index is 2.35. The van der Waals surface area contributed by atoms with Gasteiger partial charge in [0.15, 0.2) is 0 Å². The van der Waals surface area contributed by atoms with Crippen molar-refractivity contribution in [3.05, 3.63) is 0 Å². The number of hydrogen-bond acceptors (Lipinski definition) is 0. The summed E-state index contributed by atoms with van der Waals surface area (Å²) in [6.45, 7) is 6.98. The van der Waals surface area contributed by atoms with Crippen LogP contribution in [0, 0.1) is 5.92 Å². The van der Waals surface area contributed by atoms with Crippen molar-refractivity contribution in [2.75, 3.05) is 0 Å². The van der Waals surface area contributed by atoms with E-state index in [4.69, 9.17) is 0 Å². The minimum absolute atomic E-state index is 1.04. The highest BCUT2D eigenvalue weighted by molar-refractivity contribution is 4.62. The van der Waals surface area contributed by atoms with Gasteiger partial charge in [0.1, 0.15) is 0 Å². The van der Waals surface area contributed by atoms with E-state index >= 15 is 0 Å². The standard InChI is InChI=1S/C36H74/c1-4-7-10-12-14-16-18-20-21-23-25-27-29-32-35-36(33-30-9-6-3)34-31-28-26-24-22-19-17-15-13-11-8-5-2/h36H,4-35H2,1-3H3. The molecule has 0 aliphatic carbocycles. The molecule has 0 bridgehead atoms. The van der Waals surface area contributed by atoms with E-state index in [0.29, 0.717) is 0 Å². The van der Waals surface area contributed by atoms with Gasteiger partial charge in [0.2, 0.25) is 0 Å². The summed E-state index contributed by atoms with van der Waals surface area (Å²) in [7, 11) is 0. The number of hydrogen-bond donors (Lipinski definition) is 0. The molecule has 0 aromatic heterocycles. The first-order valence-electron chi connectivity index (χ1n) is 17.8. The highest BCUT2D eigenvalue weighted by atomic mass is 14.1. The van der Waals surface area contributed by atoms with Gasteiger partial charge >= 0.3 is 0 Å². The molecule has 0 spiro atoms. The predicted molar refractivity (Wildman–Crippen MR) is 168 cm³/mol. The highest BCUT2D eigenvalue weighted by Gasteiger charge is 2.08. The molecule has 0 heteroatoms. The van der Waals surface area contributed by atoms with Crippen LogP contribution in [0.25, 0.3) is 0 Å². The van der Waals surface area contributed by atoms with Crippen LogP contribution in [0.15, 0.2) is 0 Å². The molecule has 0 aromatic rings. The first-order chi connectivity index (χ1) is 17.8. The van der Waals surface area contributed by atoms with Crippen molar-refractivity contribution in [1.82, 2.24) is 0 Å². The Hall–Kier alpha value is 0. The number of rotatable bonds is 32. The van der Waals surface area contributed by atoms with E-state index in [-0.39, 0.29) is 0 Å². The van der Waals surface area contributed by atoms with Gasteiger partial charge in [-0.25, -0.2) is 0 Å². The lowest BCUT2D eigenvalue weighted by Gasteiger charge is -2.17. The molecule has 0 saturated heterocycles. The number of unbranched alkanes of at least 4 members (excludes halogenated alkanes) is 26. The SMILES string of the molecule is CCCCCCCCCCCCCCCCC(CCCCC)CCCCCCCCCCCCCC. The molecule has 0 amide bonds. The summed E-state index contributed by atoms with van der Waals surface area (Å²) in [6, 6.07) is 0. The Labute approximate surface area is 232 Å². The Morgan fingerprint density at radius 2 is 0.389 bits per heavy atom. The summed E-state index contributed by atoms with van der Waals surface area (Å²) in [5.41, 5.74) is 0. The quantitative estimate of drug-likeness (QED) is 0.0795. The lowest BCUT2D eigenvalue weighted by Crippen LogP contribution is -2.01. The van der Waals surface area contributed by atoms with Gasteiger partial charge in [-0.1, -0.05) is 226 Å². The minimum atomic E-state index is 1.04. The van der Waals surface area contributed by atoms with Gasteiger partial charge in [-0.05, 0) is 5.92 Å². The zero-order chi connectivity index (χ0) is 26.2. The van der Waals surface area contributed by atoms with E-state index in [1.807, 2.05) is 0 Å². The lowest BCUT2D eigenvalue weighted by molar-refractivity contribution is 0.367. The third kappa shape index (κ3) is 30.2. The van der Waals surface area contributed by atoms with Crippen LogP contribution >= 0.6 is 0 Å². The van der Waals surface area contributed by atoms with Crippen LogP contribution in [0.2, 0.25) is 0 Å². The molecule has 0 radical (unpaired) electrons. The Morgan fingerprint density at radius 1 is 0.222 bits per heavy atom. The zero-order valence-corrected chi connectivity index (χ0v) is 26.2. The fourth-order valence-corrected chi connectivity index (χ4v) is 6.02. The molecule has 0 nitrogen and oxygen atoms in total. The Morgan fingerprint density at radius 3 is 0.639 bits per heavy atom. The van der Waals surface area contributed by atoms with Crippen LogP contribution in [0.4, 0.5) is 0 Å². The van der Waals surface area contributed by atoms with Gasteiger partial charge in [-0.2, -0.15) is 0 Å². The summed E-state index contributed by atoms with van der Waals surface area (Å²) < 4.78 is 0. The molecule has 1 atom stereocenters. The van der Waals surface area contributed by atoms with Gasteiger partial charge in [0.05, 0.1) is 0 Å². The lowest BCUT2D eigenvalue weighted by atomic mass is 9.89. The molecule has 36 heavy (non-hydrogen) atoms. The maximum absolute atomic E-state index is 2.35. The van der Waals surface area contributed by atoms with Crippen LogP contribution in [-0.4, -0.2) is 0 Å². The first-order valence-corrected chi connectivity index (χ1v) is 17.8. The molecule has 0 saturated carbocycles. The summed E-state index contributed by atoms with van der Waals surface area (Å²) in [5, 5.41) is 0. The van der Waals surface area contributed by atoms with Crippen molar-refractivity contribution in [2.45, 2.75) is 226 Å². The second-order valence-corrected chi connectivity index (χ2v) is 12.4. The van der Waals surface area contributed by atoms with Gasteiger partial charge in [-0.3, -0.25) is 0 Å². The van der Waals surface area contributed by atoms with Crippen LogP contribution in [-0.2, 0) is 0 Å². The smallest absolute Gasteiger partial charge is 0.0414 e. The molecule has 0 N–H and O–H groups in total. The van der Waals surface area contributed by atoms with E-state index in [0.717, 1.165) is 5.92 Å². The van der Waals surface area contributed by atoms with Gasteiger partial charge < -0.3 is 0 Å². The maximum Gasteiger partial charge on any atom is -0.0414 e. The van der Waals surface area contributed by atoms with E-state index in [1.165, 1.54) is 205 Å². The van der Waals surface area contributed by atoms with Gasteiger partial charge in [0.25, 0.3) is 0 Å². The van der Waals surface area contributed by atoms with Crippen LogP contribution in [0.1, 0.15) is 226 Å². The van der Waals surface area contributed by atoms with E-state index < -0.39 is 0 Å². The second kappa shape index (κ2) is 33.0. The topological polar surface area (TPSA) is 0 Å². The van der Waals surface area contributed by atoms with Crippen molar-refractivity contribution in [1.29, 1.82) is 0 Å². The average Bonchev–Trinajstić information content (AvgIpc) is 2.89. The molecular formula is C36H74. The largest absolute Gasteiger partial charge is 0.0654 e. The van der Waals surface area contributed by atoms with Crippen LogP contribution in [0.3, 0.4) is 0 Å². The van der Waals surface area contributed by atoms with Crippen LogP contribution in [0.5, 0.6) is 0 Å². The highest BCUT2D eigenvalue weighted by Crippen LogP contribution is 2.24. The molecule has 218 valence electrons. The first kappa shape index (κ1) is 36.0. The van der Waals surface area contributed by atoms with Crippen molar-refractivity contribution in [3.63, 3.8) is 0 Å². The van der Waals surface area contributed by atoms with Crippen molar-refractivity contribution in [3.8, 4) is 0 Å². The Bertz CT molecular complexity index is 359. The molecule has 0 heterocycles. The molecule has 0 aliphatic heterocycles. The minimum Gasteiger partial charge on any atom is -0.0654 e. The molecular weight excluding hydrogens is 432 g/mol. The molecule has 1 unspecified atom stereocenters. The van der Waals surface area contributed by atoms with Crippen molar-refractivity contribution < 1.29 is 0 Å². The summed E-state index contributed by atoms with van der Waals surface area (Å²) in [4.78, 5) is 0. The van der Waals surface area contributed by atoms with Crippen LogP contribution < -0.4 is 0 Å². The third-order valence-corrected chi connectivity index (χ3v) is 8.65. The molecule has 0 aromatic carbocycles. The Balaban J connectivity index is 3.56. The van der Waals surface area contributed by atoms with E-state index in [1.54, 1.807) is 0 Å². The van der Waals surface area contributed by atoms with E-state index in [2.05, 4.69) is 20.8 Å². The van der Waals surface area contributed by atoms with E-state index in [9.17, 15) is 0 Å². The normalized spacial score (nSPS) is 12.4. The fourth-order valence-electron chi connectivity index (χ4n) is 6.02. The average molecular weight is 507 g/mol. The molecule has 0 rings (SSSR count). The summed E-state index contributed by atoms with van der Waals surface area (Å²) in [5.74, 6) is 1.04. The van der Waals surface area contributed by atoms with Gasteiger partial charge in [-0.15, -0.1) is 0 Å². The fraction of sp³-hybridized carbons (Fsp3) is 1.00. The third-order valence-electron chi connectivity index (χ3n) is 8.65. The predicted octanol–water partition coefficient (Wildman–Crippen LogP) is 14.1. The van der Waals surface area contributed by atoms with Gasteiger partial charge in [0, 0.05) is 0 Å². The summed E-state index contributed by atoms with van der Waals surface area (Å²) >= 11 is 0. The van der Waals surface area contributed by atoms with Crippen molar-refractivity contribution >= 4 is 0 Å². The molecule has 0 fully saturated rings.